The summed E-state index contributed by atoms with van der Waals surface area (Å²) in [6.45, 7) is 0.450. The van der Waals surface area contributed by atoms with E-state index in [9.17, 15) is 19.5 Å². The standard InChI is InChI=1S/C16H18N4O4/c21-8-10-6-17-20-14(10)19(7-9-2-1-3-9)15(23)12(16(20)24)13(22)18-11-4-5-11/h6,8-9,11,23H,1-5,7H2,(H,18,22). The molecule has 1 amide bonds. The lowest BCUT2D eigenvalue weighted by atomic mass is 9.85. The highest BCUT2D eigenvalue weighted by Gasteiger charge is 2.31. The fourth-order valence-electron chi connectivity index (χ4n) is 3.08. The molecule has 2 aliphatic carbocycles. The highest BCUT2D eigenvalue weighted by Crippen LogP contribution is 2.31. The summed E-state index contributed by atoms with van der Waals surface area (Å²) in [5.74, 6) is -0.621. The van der Waals surface area contributed by atoms with E-state index in [1.807, 2.05) is 0 Å². The molecule has 0 atom stereocenters. The Hall–Kier alpha value is -2.64. The molecule has 2 aromatic rings. The van der Waals surface area contributed by atoms with Gasteiger partial charge in [0.1, 0.15) is 0 Å². The molecule has 0 unspecified atom stereocenters. The first-order valence-corrected chi connectivity index (χ1v) is 8.19. The molecule has 126 valence electrons. The monoisotopic (exact) mass is 330 g/mol. The number of aldehydes is 1. The third kappa shape index (κ3) is 2.29. The average molecular weight is 330 g/mol. The molecule has 8 heteroatoms. The van der Waals surface area contributed by atoms with Crippen LogP contribution in [0.1, 0.15) is 52.8 Å². The van der Waals surface area contributed by atoms with E-state index in [1.54, 1.807) is 0 Å². The van der Waals surface area contributed by atoms with Crippen molar-refractivity contribution in [2.75, 3.05) is 0 Å². The van der Waals surface area contributed by atoms with Crippen molar-refractivity contribution in [3.8, 4) is 5.88 Å². The molecule has 2 aliphatic rings. The van der Waals surface area contributed by atoms with Crippen molar-refractivity contribution in [2.45, 2.75) is 44.7 Å². The zero-order valence-corrected chi connectivity index (χ0v) is 13.1. The molecule has 0 bridgehead atoms. The maximum Gasteiger partial charge on any atom is 0.291 e. The van der Waals surface area contributed by atoms with Crippen molar-refractivity contribution >= 4 is 17.8 Å². The van der Waals surface area contributed by atoms with E-state index >= 15 is 0 Å². The molecule has 0 radical (unpaired) electrons. The van der Waals surface area contributed by atoms with Gasteiger partial charge in [-0.15, -0.1) is 0 Å². The van der Waals surface area contributed by atoms with Crippen molar-refractivity contribution in [3.05, 3.63) is 27.7 Å². The molecule has 8 nitrogen and oxygen atoms in total. The number of aromatic nitrogens is 3. The Morgan fingerprint density at radius 1 is 1.38 bits per heavy atom. The van der Waals surface area contributed by atoms with Crippen LogP contribution in [0, 0.1) is 5.92 Å². The Morgan fingerprint density at radius 3 is 2.71 bits per heavy atom. The number of nitrogens with one attached hydrogen (secondary N) is 1. The minimum Gasteiger partial charge on any atom is -0.494 e. The van der Waals surface area contributed by atoms with Gasteiger partial charge in [0.25, 0.3) is 11.5 Å². The lowest BCUT2D eigenvalue weighted by Gasteiger charge is -2.27. The molecule has 0 spiro atoms. The summed E-state index contributed by atoms with van der Waals surface area (Å²) in [6.07, 6.45) is 6.80. The molecule has 2 fully saturated rings. The van der Waals surface area contributed by atoms with Gasteiger partial charge in [-0.2, -0.15) is 9.61 Å². The van der Waals surface area contributed by atoms with E-state index in [0.717, 1.165) is 36.6 Å². The van der Waals surface area contributed by atoms with Gasteiger partial charge >= 0.3 is 0 Å². The number of aromatic hydroxyl groups is 1. The highest BCUT2D eigenvalue weighted by molar-refractivity contribution is 5.97. The lowest BCUT2D eigenvalue weighted by molar-refractivity contribution is 0.0944. The number of hydrogen-bond acceptors (Lipinski definition) is 5. The van der Waals surface area contributed by atoms with E-state index in [-0.39, 0.29) is 28.7 Å². The van der Waals surface area contributed by atoms with Gasteiger partial charge in [0.2, 0.25) is 5.88 Å². The van der Waals surface area contributed by atoms with Crippen LogP contribution >= 0.6 is 0 Å². The molecule has 0 aliphatic heterocycles. The van der Waals surface area contributed by atoms with Crippen LogP contribution in [0.5, 0.6) is 5.88 Å². The first kappa shape index (κ1) is 14.9. The van der Waals surface area contributed by atoms with E-state index in [4.69, 9.17) is 0 Å². The maximum absolute atomic E-state index is 12.6. The molecule has 4 rings (SSSR count). The quantitative estimate of drug-likeness (QED) is 0.785. The normalized spacial score (nSPS) is 17.7. The second-order valence-electron chi connectivity index (χ2n) is 6.61. The van der Waals surface area contributed by atoms with Gasteiger partial charge in [-0.1, -0.05) is 6.42 Å². The summed E-state index contributed by atoms with van der Waals surface area (Å²) in [6, 6.07) is 0.0650. The van der Waals surface area contributed by atoms with E-state index < -0.39 is 11.5 Å². The smallest absolute Gasteiger partial charge is 0.291 e. The highest BCUT2D eigenvalue weighted by atomic mass is 16.3. The van der Waals surface area contributed by atoms with Gasteiger partial charge < -0.3 is 10.4 Å². The van der Waals surface area contributed by atoms with E-state index in [2.05, 4.69) is 10.4 Å². The minimum absolute atomic E-state index is 0.0650. The number of rotatable bonds is 5. The largest absolute Gasteiger partial charge is 0.494 e. The number of nitrogens with zero attached hydrogens (tertiary/aromatic N) is 3. The van der Waals surface area contributed by atoms with Gasteiger partial charge in [0.15, 0.2) is 17.5 Å². The zero-order valence-electron chi connectivity index (χ0n) is 13.1. The van der Waals surface area contributed by atoms with Crippen molar-refractivity contribution in [2.24, 2.45) is 5.92 Å². The third-order valence-corrected chi connectivity index (χ3v) is 4.84. The summed E-state index contributed by atoms with van der Waals surface area (Å²) in [7, 11) is 0. The van der Waals surface area contributed by atoms with Crippen LogP contribution in [0.15, 0.2) is 11.0 Å². The Morgan fingerprint density at radius 2 is 2.12 bits per heavy atom. The topological polar surface area (TPSA) is 106 Å². The maximum atomic E-state index is 12.6. The van der Waals surface area contributed by atoms with Gasteiger partial charge in [-0.25, -0.2) is 0 Å². The molecular weight excluding hydrogens is 312 g/mol. The van der Waals surface area contributed by atoms with E-state index in [1.165, 1.54) is 10.8 Å². The summed E-state index contributed by atoms with van der Waals surface area (Å²) in [4.78, 5) is 36.2. The molecule has 2 heterocycles. The van der Waals surface area contributed by atoms with Gasteiger partial charge in [-0.3, -0.25) is 19.0 Å². The Bertz CT molecular complexity index is 890. The molecule has 0 saturated heterocycles. The zero-order chi connectivity index (χ0) is 16.8. The van der Waals surface area contributed by atoms with E-state index in [0.29, 0.717) is 18.7 Å². The Labute approximate surface area is 137 Å². The molecule has 24 heavy (non-hydrogen) atoms. The fourth-order valence-corrected chi connectivity index (χ4v) is 3.08. The van der Waals surface area contributed by atoms with Crippen LogP contribution in [0.3, 0.4) is 0 Å². The van der Waals surface area contributed by atoms with Gasteiger partial charge in [0.05, 0.1) is 11.8 Å². The number of carbonyl (C=O) groups excluding carboxylic acids is 2. The average Bonchev–Trinajstić information content (AvgIpc) is 3.21. The SMILES string of the molecule is O=Cc1cnn2c(=O)c(C(=O)NC3CC3)c(O)n(CC3CCC3)c12. The fraction of sp³-hybridized carbons (Fsp3) is 0.500. The van der Waals surface area contributed by atoms with Gasteiger partial charge in [0, 0.05) is 12.6 Å². The number of amides is 1. The first-order valence-electron chi connectivity index (χ1n) is 8.19. The van der Waals surface area contributed by atoms with Crippen molar-refractivity contribution in [1.82, 2.24) is 19.5 Å². The summed E-state index contributed by atoms with van der Waals surface area (Å²) in [5.41, 5.74) is -0.564. The molecule has 2 aromatic heterocycles. The molecule has 2 saturated carbocycles. The first-order chi connectivity index (χ1) is 11.6. The molecule has 2 N–H and O–H groups in total. The number of fused-ring (bicyclic) bond motifs is 1. The molecule has 0 aromatic carbocycles. The summed E-state index contributed by atoms with van der Waals surface area (Å²) < 4.78 is 2.51. The van der Waals surface area contributed by atoms with Crippen LogP contribution in [0.25, 0.3) is 5.65 Å². The lowest BCUT2D eigenvalue weighted by Crippen LogP contribution is -2.35. The van der Waals surface area contributed by atoms with Crippen LogP contribution in [-0.4, -0.2) is 37.5 Å². The predicted molar refractivity (Wildman–Crippen MR) is 84.3 cm³/mol. The van der Waals surface area contributed by atoms with Crippen LogP contribution in [0.4, 0.5) is 0 Å². The van der Waals surface area contributed by atoms with Crippen molar-refractivity contribution in [1.29, 1.82) is 0 Å². The minimum atomic E-state index is -0.710. The van der Waals surface area contributed by atoms with Crippen LogP contribution in [-0.2, 0) is 6.54 Å². The molecular formula is C16H18N4O4. The Balaban J connectivity index is 1.90. The van der Waals surface area contributed by atoms with Crippen LogP contribution < -0.4 is 10.9 Å². The third-order valence-electron chi connectivity index (χ3n) is 4.84. The van der Waals surface area contributed by atoms with Crippen LogP contribution in [0.2, 0.25) is 0 Å². The van der Waals surface area contributed by atoms with Crippen molar-refractivity contribution in [3.63, 3.8) is 0 Å². The van der Waals surface area contributed by atoms with Crippen molar-refractivity contribution < 1.29 is 14.7 Å². The summed E-state index contributed by atoms with van der Waals surface area (Å²) in [5, 5.41) is 17.3. The number of hydrogen-bond donors (Lipinski definition) is 2. The van der Waals surface area contributed by atoms with Gasteiger partial charge in [-0.05, 0) is 31.6 Å². The second kappa shape index (κ2) is 5.47. The predicted octanol–water partition coefficient (Wildman–Crippen LogP) is 0.706. The second-order valence-corrected chi connectivity index (χ2v) is 6.61. The Kier molecular flexibility index (Phi) is 3.40. The number of carbonyl (C=O) groups is 2. The summed E-state index contributed by atoms with van der Waals surface area (Å²) >= 11 is 0.